The average molecular weight is 268 g/mol. The molecule has 0 aliphatic heterocycles. The van der Waals surface area contributed by atoms with Gasteiger partial charge in [0, 0.05) is 0 Å². The Morgan fingerprint density at radius 1 is 0.700 bits per heavy atom. The van der Waals surface area contributed by atoms with Gasteiger partial charge in [-0.15, -0.1) is 0 Å². The topological polar surface area (TPSA) is 0 Å². The molecule has 0 heteroatoms. The van der Waals surface area contributed by atoms with Crippen molar-refractivity contribution in [1.29, 1.82) is 0 Å². The molecule has 2 aromatic rings. The van der Waals surface area contributed by atoms with Gasteiger partial charge in [-0.3, -0.25) is 0 Å². The monoisotopic (exact) mass is 268 g/mol. The Morgan fingerprint density at radius 3 is 1.40 bits per heavy atom. The minimum absolute atomic E-state index is 0.228. The van der Waals surface area contributed by atoms with E-state index in [1.54, 1.807) is 0 Å². The van der Waals surface area contributed by atoms with Crippen molar-refractivity contribution in [1.82, 2.24) is 0 Å². The summed E-state index contributed by atoms with van der Waals surface area (Å²) in [5.74, 6) is 0. The zero-order chi connectivity index (χ0) is 15.2. The number of aryl methyl sites for hydroxylation is 1. The van der Waals surface area contributed by atoms with Crippen molar-refractivity contribution in [3.63, 3.8) is 0 Å². The first-order valence-electron chi connectivity index (χ1n) is 7.56. The second kappa shape index (κ2) is 7.28. The smallest absolute Gasteiger partial charge is 0.0132 e. The highest BCUT2D eigenvalue weighted by atomic mass is 14.2. The van der Waals surface area contributed by atoms with Crippen LogP contribution < -0.4 is 0 Å². The molecule has 0 nitrogen and oxygen atoms in total. The molecule has 0 aromatic heterocycles. The van der Waals surface area contributed by atoms with Crippen LogP contribution in [0.2, 0.25) is 0 Å². The van der Waals surface area contributed by atoms with E-state index < -0.39 is 0 Å². The number of benzene rings is 2. The molecule has 0 aliphatic rings. The van der Waals surface area contributed by atoms with Crippen LogP contribution in [0.5, 0.6) is 0 Å². The average Bonchev–Trinajstić information content (AvgIpc) is 2.40. The van der Waals surface area contributed by atoms with Crippen LogP contribution in [0.15, 0.2) is 48.5 Å². The van der Waals surface area contributed by atoms with Crippen LogP contribution >= 0.6 is 0 Å². The van der Waals surface area contributed by atoms with E-state index in [1.807, 2.05) is 0 Å². The highest BCUT2D eigenvalue weighted by molar-refractivity contribution is 5.64. The van der Waals surface area contributed by atoms with Crippen molar-refractivity contribution < 1.29 is 0 Å². The third-order valence-electron chi connectivity index (χ3n) is 3.14. The summed E-state index contributed by atoms with van der Waals surface area (Å²) in [5.41, 5.74) is 5.49. The van der Waals surface area contributed by atoms with E-state index in [0.717, 1.165) is 0 Å². The first-order chi connectivity index (χ1) is 9.38. The van der Waals surface area contributed by atoms with Crippen LogP contribution in [-0.2, 0) is 5.41 Å². The SMILES string of the molecule is CCC.Cc1ccc(-c2ccc(C(C)(C)C)cc2)cc1. The normalized spacial score (nSPS) is 10.7. The van der Waals surface area contributed by atoms with Crippen LogP contribution in [0.1, 0.15) is 52.2 Å². The lowest BCUT2D eigenvalue weighted by atomic mass is 9.86. The van der Waals surface area contributed by atoms with Gasteiger partial charge >= 0.3 is 0 Å². The molecule has 0 atom stereocenters. The summed E-state index contributed by atoms with van der Waals surface area (Å²) in [7, 11) is 0. The Kier molecular flexibility index (Phi) is 6.01. The van der Waals surface area contributed by atoms with Crippen molar-refractivity contribution in [2.75, 3.05) is 0 Å². The molecule has 0 amide bonds. The van der Waals surface area contributed by atoms with Crippen molar-refractivity contribution in [2.24, 2.45) is 0 Å². The summed E-state index contributed by atoms with van der Waals surface area (Å²) in [6, 6.07) is 17.6. The Balaban J connectivity index is 0.000000612. The molecule has 2 aromatic carbocycles. The summed E-state index contributed by atoms with van der Waals surface area (Å²) in [6.45, 7) is 13.1. The van der Waals surface area contributed by atoms with Crippen molar-refractivity contribution in [3.8, 4) is 11.1 Å². The van der Waals surface area contributed by atoms with E-state index in [1.165, 1.54) is 28.7 Å². The van der Waals surface area contributed by atoms with Gasteiger partial charge in [0.1, 0.15) is 0 Å². The van der Waals surface area contributed by atoms with Crippen LogP contribution in [0.4, 0.5) is 0 Å². The number of hydrogen-bond acceptors (Lipinski definition) is 0. The van der Waals surface area contributed by atoms with Gasteiger partial charge in [-0.2, -0.15) is 0 Å². The summed E-state index contributed by atoms with van der Waals surface area (Å²) in [6.07, 6.45) is 1.25. The summed E-state index contributed by atoms with van der Waals surface area (Å²) >= 11 is 0. The van der Waals surface area contributed by atoms with Crippen LogP contribution in [0.3, 0.4) is 0 Å². The molecule has 0 bridgehead atoms. The molecule has 0 unspecified atom stereocenters. The highest BCUT2D eigenvalue weighted by Gasteiger charge is 2.12. The maximum atomic E-state index is 2.24. The van der Waals surface area contributed by atoms with Crippen molar-refractivity contribution in [3.05, 3.63) is 59.7 Å². The highest BCUT2D eigenvalue weighted by Crippen LogP contribution is 2.26. The Morgan fingerprint density at radius 2 is 1.05 bits per heavy atom. The van der Waals surface area contributed by atoms with Crippen LogP contribution in [0.25, 0.3) is 11.1 Å². The summed E-state index contributed by atoms with van der Waals surface area (Å²) in [5, 5.41) is 0. The molecular weight excluding hydrogens is 240 g/mol. The predicted molar refractivity (Wildman–Crippen MR) is 91.3 cm³/mol. The molecule has 0 radical (unpaired) electrons. The molecule has 0 saturated carbocycles. The van der Waals surface area contributed by atoms with Gasteiger partial charge in [-0.1, -0.05) is 95.1 Å². The van der Waals surface area contributed by atoms with Gasteiger partial charge in [0.2, 0.25) is 0 Å². The second-order valence-corrected chi connectivity index (χ2v) is 6.40. The first kappa shape index (κ1) is 16.5. The Bertz CT molecular complexity index is 495. The minimum Gasteiger partial charge on any atom is -0.0656 e. The van der Waals surface area contributed by atoms with Gasteiger partial charge in [0.05, 0.1) is 0 Å². The third-order valence-corrected chi connectivity index (χ3v) is 3.14. The van der Waals surface area contributed by atoms with Gasteiger partial charge in [-0.05, 0) is 29.0 Å². The quantitative estimate of drug-likeness (QED) is 0.563. The molecule has 20 heavy (non-hydrogen) atoms. The van der Waals surface area contributed by atoms with E-state index in [9.17, 15) is 0 Å². The molecule has 0 saturated heterocycles. The Hall–Kier alpha value is -1.56. The predicted octanol–water partition coefficient (Wildman–Crippen LogP) is 6.38. The fourth-order valence-electron chi connectivity index (χ4n) is 1.91. The first-order valence-corrected chi connectivity index (χ1v) is 7.56. The van der Waals surface area contributed by atoms with E-state index in [4.69, 9.17) is 0 Å². The van der Waals surface area contributed by atoms with Gasteiger partial charge in [0.25, 0.3) is 0 Å². The Labute approximate surface area is 124 Å². The van der Waals surface area contributed by atoms with Crippen LogP contribution in [0, 0.1) is 6.92 Å². The van der Waals surface area contributed by atoms with Crippen molar-refractivity contribution >= 4 is 0 Å². The zero-order valence-electron chi connectivity index (χ0n) is 13.8. The lowest BCUT2D eigenvalue weighted by molar-refractivity contribution is 0.590. The maximum absolute atomic E-state index is 2.24. The molecule has 0 aliphatic carbocycles. The van der Waals surface area contributed by atoms with Crippen LogP contribution in [-0.4, -0.2) is 0 Å². The molecule has 0 N–H and O–H groups in total. The lowest BCUT2D eigenvalue weighted by Gasteiger charge is -2.19. The lowest BCUT2D eigenvalue weighted by Crippen LogP contribution is -2.10. The molecule has 0 spiro atoms. The third kappa shape index (κ3) is 4.85. The zero-order valence-corrected chi connectivity index (χ0v) is 13.8. The molecular formula is C20H28. The van der Waals surface area contributed by atoms with Gasteiger partial charge in [0.15, 0.2) is 0 Å². The van der Waals surface area contributed by atoms with E-state index >= 15 is 0 Å². The summed E-state index contributed by atoms with van der Waals surface area (Å²) < 4.78 is 0. The number of rotatable bonds is 1. The molecule has 108 valence electrons. The van der Waals surface area contributed by atoms with Gasteiger partial charge in [-0.25, -0.2) is 0 Å². The van der Waals surface area contributed by atoms with E-state index in [-0.39, 0.29) is 5.41 Å². The maximum Gasteiger partial charge on any atom is -0.0132 e. The van der Waals surface area contributed by atoms with E-state index in [0.29, 0.717) is 0 Å². The summed E-state index contributed by atoms with van der Waals surface area (Å²) in [4.78, 5) is 0. The van der Waals surface area contributed by atoms with Gasteiger partial charge < -0.3 is 0 Å². The minimum atomic E-state index is 0.228. The second-order valence-electron chi connectivity index (χ2n) is 6.40. The van der Waals surface area contributed by atoms with Crippen molar-refractivity contribution in [2.45, 2.75) is 53.4 Å². The number of hydrogen-bond donors (Lipinski definition) is 0. The molecule has 0 fully saturated rings. The molecule has 0 heterocycles. The largest absolute Gasteiger partial charge is 0.0656 e. The molecule has 2 rings (SSSR count). The standard InChI is InChI=1S/C17H20.C3H8/c1-13-5-7-14(8-6-13)15-9-11-16(12-10-15)17(2,3)4;1-3-2/h5-12H,1-4H3;3H2,1-2H3. The fourth-order valence-corrected chi connectivity index (χ4v) is 1.91. The van der Waals surface area contributed by atoms with E-state index in [2.05, 4.69) is 90.1 Å². The fraction of sp³-hybridized carbons (Fsp3) is 0.400.